The van der Waals surface area contributed by atoms with Crippen LogP contribution in [0.3, 0.4) is 0 Å². The van der Waals surface area contributed by atoms with Crippen LogP contribution in [0.15, 0.2) is 0 Å². The molecule has 3 atom stereocenters. The van der Waals surface area contributed by atoms with Crippen LogP contribution < -0.4 is 11.1 Å². The molecule has 1 saturated heterocycles. The summed E-state index contributed by atoms with van der Waals surface area (Å²) in [6.07, 6.45) is -1.84. The Hall–Kier alpha value is -1.34. The number of likely N-dealkylation sites (tertiary alicyclic amines) is 1. The van der Waals surface area contributed by atoms with Gasteiger partial charge in [0.15, 0.2) is 0 Å². The van der Waals surface area contributed by atoms with Gasteiger partial charge in [-0.05, 0) is 6.92 Å². The van der Waals surface area contributed by atoms with Gasteiger partial charge in [0.25, 0.3) is 0 Å². The molecule has 3 amide bonds. The first-order valence-electron chi connectivity index (χ1n) is 4.62. The van der Waals surface area contributed by atoms with E-state index in [-0.39, 0.29) is 19.0 Å². The van der Waals surface area contributed by atoms with E-state index in [9.17, 15) is 19.8 Å². The van der Waals surface area contributed by atoms with Gasteiger partial charge >= 0.3 is 6.03 Å². The predicted molar refractivity (Wildman–Crippen MR) is 50.8 cm³/mol. The van der Waals surface area contributed by atoms with E-state index in [0.717, 1.165) is 0 Å². The first kappa shape index (κ1) is 11.7. The number of nitrogens with zero attached hydrogens (tertiary/aromatic N) is 1. The van der Waals surface area contributed by atoms with Gasteiger partial charge in [-0.1, -0.05) is 0 Å². The number of aliphatic hydroxyl groups is 2. The second-order valence-electron chi connectivity index (χ2n) is 3.61. The van der Waals surface area contributed by atoms with Crippen molar-refractivity contribution in [3.63, 3.8) is 0 Å². The maximum Gasteiger partial charge on any atom is 0.312 e. The van der Waals surface area contributed by atoms with Crippen LogP contribution >= 0.6 is 0 Å². The van der Waals surface area contributed by atoms with Crippen molar-refractivity contribution in [3.05, 3.63) is 0 Å². The predicted octanol–water partition coefficient (Wildman–Crippen LogP) is -2.39. The van der Waals surface area contributed by atoms with Crippen molar-refractivity contribution < 1.29 is 19.8 Å². The SMILES string of the molecule is CC(NC(N)=O)C(=O)N1C[C@@H](O)[C@@H](O)C1. The summed E-state index contributed by atoms with van der Waals surface area (Å²) < 4.78 is 0. The van der Waals surface area contributed by atoms with Crippen LogP contribution in [0.25, 0.3) is 0 Å². The Bertz CT molecular complexity index is 261. The van der Waals surface area contributed by atoms with Crippen molar-refractivity contribution >= 4 is 11.9 Å². The summed E-state index contributed by atoms with van der Waals surface area (Å²) in [5.41, 5.74) is 4.86. The molecule has 7 heteroatoms. The number of hydrogen-bond acceptors (Lipinski definition) is 4. The van der Waals surface area contributed by atoms with Crippen molar-refractivity contribution in [1.82, 2.24) is 10.2 Å². The molecular weight excluding hydrogens is 202 g/mol. The lowest BCUT2D eigenvalue weighted by Crippen LogP contribution is -2.48. The van der Waals surface area contributed by atoms with E-state index >= 15 is 0 Å². The van der Waals surface area contributed by atoms with Crippen LogP contribution in [0.5, 0.6) is 0 Å². The van der Waals surface area contributed by atoms with Crippen LogP contribution in [0.2, 0.25) is 0 Å². The van der Waals surface area contributed by atoms with Crippen molar-refractivity contribution in [2.45, 2.75) is 25.2 Å². The number of carbonyl (C=O) groups is 2. The Morgan fingerprint density at radius 3 is 2.27 bits per heavy atom. The van der Waals surface area contributed by atoms with Crippen molar-refractivity contribution in [2.75, 3.05) is 13.1 Å². The fourth-order valence-electron chi connectivity index (χ4n) is 1.50. The summed E-state index contributed by atoms with van der Waals surface area (Å²) in [6, 6.07) is -1.53. The Kier molecular flexibility index (Phi) is 3.48. The average molecular weight is 217 g/mol. The van der Waals surface area contributed by atoms with Crippen LogP contribution in [0.4, 0.5) is 4.79 Å². The van der Waals surface area contributed by atoms with E-state index in [4.69, 9.17) is 5.73 Å². The summed E-state index contributed by atoms with van der Waals surface area (Å²) in [5, 5.41) is 20.7. The summed E-state index contributed by atoms with van der Waals surface area (Å²) in [4.78, 5) is 23.4. The fourth-order valence-corrected chi connectivity index (χ4v) is 1.50. The Morgan fingerprint density at radius 2 is 1.87 bits per heavy atom. The van der Waals surface area contributed by atoms with Gasteiger partial charge < -0.3 is 26.2 Å². The zero-order valence-electron chi connectivity index (χ0n) is 8.38. The molecule has 7 nitrogen and oxygen atoms in total. The van der Waals surface area contributed by atoms with E-state index in [1.807, 2.05) is 0 Å². The minimum atomic E-state index is -0.922. The van der Waals surface area contributed by atoms with E-state index in [1.54, 1.807) is 0 Å². The summed E-state index contributed by atoms with van der Waals surface area (Å²) >= 11 is 0. The molecular formula is C8H15N3O4. The highest BCUT2D eigenvalue weighted by Gasteiger charge is 2.34. The number of rotatable bonds is 2. The molecule has 86 valence electrons. The summed E-state index contributed by atoms with van der Waals surface area (Å²) in [7, 11) is 0. The smallest absolute Gasteiger partial charge is 0.312 e. The molecule has 5 N–H and O–H groups in total. The second-order valence-corrected chi connectivity index (χ2v) is 3.61. The van der Waals surface area contributed by atoms with E-state index in [1.165, 1.54) is 11.8 Å². The molecule has 1 unspecified atom stereocenters. The van der Waals surface area contributed by atoms with Gasteiger partial charge in [-0.15, -0.1) is 0 Å². The Balaban J connectivity index is 2.51. The number of primary amides is 1. The van der Waals surface area contributed by atoms with Crippen molar-refractivity contribution in [2.24, 2.45) is 5.73 Å². The number of β-amino-alcohol motifs (C(OH)–C–C–N with tert-alkyl or cyclic N) is 2. The topological polar surface area (TPSA) is 116 Å². The highest BCUT2D eigenvalue weighted by molar-refractivity contribution is 5.86. The molecule has 1 aliphatic heterocycles. The monoisotopic (exact) mass is 217 g/mol. The molecule has 1 aliphatic rings. The normalized spacial score (nSPS) is 27.5. The zero-order valence-corrected chi connectivity index (χ0v) is 8.38. The fraction of sp³-hybridized carbons (Fsp3) is 0.750. The van der Waals surface area contributed by atoms with Crippen LogP contribution in [-0.2, 0) is 4.79 Å². The molecule has 0 saturated carbocycles. The number of hydrogen-bond donors (Lipinski definition) is 4. The first-order chi connectivity index (χ1) is 6.91. The van der Waals surface area contributed by atoms with Gasteiger partial charge in [0.05, 0.1) is 12.2 Å². The lowest BCUT2D eigenvalue weighted by Gasteiger charge is -2.20. The maximum atomic E-state index is 11.6. The number of urea groups is 1. The van der Waals surface area contributed by atoms with E-state index in [2.05, 4.69) is 5.32 Å². The van der Waals surface area contributed by atoms with Crippen LogP contribution in [-0.4, -0.2) is 58.4 Å². The highest BCUT2D eigenvalue weighted by atomic mass is 16.3. The molecule has 1 rings (SSSR count). The van der Waals surface area contributed by atoms with E-state index < -0.39 is 24.3 Å². The van der Waals surface area contributed by atoms with Gasteiger partial charge in [-0.25, -0.2) is 4.79 Å². The highest BCUT2D eigenvalue weighted by Crippen LogP contribution is 2.11. The number of nitrogens with two attached hydrogens (primary N) is 1. The van der Waals surface area contributed by atoms with Gasteiger partial charge in [-0.3, -0.25) is 4.79 Å². The molecule has 0 aromatic rings. The lowest BCUT2D eigenvalue weighted by atomic mass is 10.3. The molecule has 1 fully saturated rings. The Morgan fingerprint density at radius 1 is 1.40 bits per heavy atom. The van der Waals surface area contributed by atoms with Gasteiger partial charge in [0.1, 0.15) is 6.04 Å². The zero-order chi connectivity index (χ0) is 11.6. The molecule has 0 bridgehead atoms. The third-order valence-corrected chi connectivity index (χ3v) is 2.30. The molecule has 0 aliphatic carbocycles. The minimum absolute atomic E-state index is 0.0742. The minimum Gasteiger partial charge on any atom is -0.388 e. The molecule has 1 heterocycles. The molecule has 15 heavy (non-hydrogen) atoms. The van der Waals surface area contributed by atoms with Crippen molar-refractivity contribution in [3.8, 4) is 0 Å². The number of carbonyl (C=O) groups excluding carboxylic acids is 2. The molecule has 0 spiro atoms. The summed E-state index contributed by atoms with van der Waals surface area (Å²) in [5.74, 6) is -0.371. The van der Waals surface area contributed by atoms with Crippen LogP contribution in [0, 0.1) is 0 Å². The third-order valence-electron chi connectivity index (χ3n) is 2.30. The standard InChI is InChI=1S/C8H15N3O4/c1-4(10-8(9)15)7(14)11-2-5(12)6(13)3-11/h4-6,12-13H,2-3H2,1H3,(H3,9,10,15)/t4?,5-,6+. The Labute approximate surface area is 86.8 Å². The number of amides is 3. The average Bonchev–Trinajstić information content (AvgIpc) is 2.44. The van der Waals surface area contributed by atoms with Gasteiger partial charge in [0, 0.05) is 13.1 Å². The van der Waals surface area contributed by atoms with Gasteiger partial charge in [0.2, 0.25) is 5.91 Å². The lowest BCUT2D eigenvalue weighted by molar-refractivity contribution is -0.132. The van der Waals surface area contributed by atoms with Gasteiger partial charge in [-0.2, -0.15) is 0 Å². The van der Waals surface area contributed by atoms with Crippen molar-refractivity contribution in [1.29, 1.82) is 0 Å². The molecule has 0 aromatic heterocycles. The third kappa shape index (κ3) is 2.80. The first-order valence-corrected chi connectivity index (χ1v) is 4.62. The maximum absolute atomic E-state index is 11.6. The quantitative estimate of drug-likeness (QED) is 0.413. The number of nitrogens with one attached hydrogen (secondary N) is 1. The second kappa shape index (κ2) is 4.45. The number of aliphatic hydroxyl groups excluding tert-OH is 2. The molecule has 0 aromatic carbocycles. The van der Waals surface area contributed by atoms with Crippen LogP contribution in [0.1, 0.15) is 6.92 Å². The van der Waals surface area contributed by atoms with E-state index in [0.29, 0.717) is 0 Å². The molecule has 0 radical (unpaired) electrons. The summed E-state index contributed by atoms with van der Waals surface area (Å²) in [6.45, 7) is 1.64. The largest absolute Gasteiger partial charge is 0.388 e.